The number of hydrogen-bond donors (Lipinski definition) is 1. The van der Waals surface area contributed by atoms with Gasteiger partial charge in [-0.05, 0) is 49.2 Å². The number of benzene rings is 2. The number of nitrogens with one attached hydrogen (secondary N) is 1. The van der Waals surface area contributed by atoms with Crippen molar-refractivity contribution in [1.82, 2.24) is 0 Å². The average Bonchev–Trinajstić information content (AvgIpc) is 3.06. The Morgan fingerprint density at radius 3 is 2.52 bits per heavy atom. The molecular weight excluding hydrogens is 366 g/mol. The van der Waals surface area contributed by atoms with Gasteiger partial charge in [-0.2, -0.15) is 0 Å². The fourth-order valence-electron chi connectivity index (χ4n) is 3.54. The summed E-state index contributed by atoms with van der Waals surface area (Å²) in [4.78, 5) is 25.8. The summed E-state index contributed by atoms with van der Waals surface area (Å²) in [5.74, 6) is -0.330. The average molecular weight is 385 g/mol. The second-order valence-electron chi connectivity index (χ2n) is 6.67. The van der Waals surface area contributed by atoms with Crippen LogP contribution in [0.3, 0.4) is 0 Å². The van der Waals surface area contributed by atoms with Crippen LogP contribution in [0.5, 0.6) is 0 Å². The van der Waals surface area contributed by atoms with E-state index >= 15 is 0 Å². The van der Waals surface area contributed by atoms with E-state index < -0.39 is 10.0 Å². The van der Waals surface area contributed by atoms with Gasteiger partial charge < -0.3 is 10.2 Å². The number of aryl methyl sites for hydroxylation is 1. The van der Waals surface area contributed by atoms with Gasteiger partial charge in [0.2, 0.25) is 11.8 Å². The van der Waals surface area contributed by atoms with Crippen LogP contribution in [0, 0.1) is 6.92 Å². The van der Waals surface area contributed by atoms with Crippen LogP contribution in [0.15, 0.2) is 47.4 Å². The summed E-state index contributed by atoms with van der Waals surface area (Å²) in [6.45, 7) is 2.16. The molecule has 140 valence electrons. The maximum atomic E-state index is 13.2. The monoisotopic (exact) mass is 385 g/mol. The topological polar surface area (TPSA) is 86.8 Å². The Hall–Kier alpha value is -2.87. The maximum absolute atomic E-state index is 13.2. The zero-order valence-electron chi connectivity index (χ0n) is 14.8. The lowest BCUT2D eigenvalue weighted by atomic mass is 10.2. The number of carbonyl (C=O) groups excluding carboxylic acids is 2. The lowest BCUT2D eigenvalue weighted by Gasteiger charge is -2.30. The Morgan fingerprint density at radius 2 is 1.81 bits per heavy atom. The fraction of sp³-hybridized carbons (Fsp3) is 0.263. The van der Waals surface area contributed by atoms with Crippen LogP contribution in [-0.2, 0) is 19.6 Å². The molecule has 1 saturated heterocycles. The quantitative estimate of drug-likeness (QED) is 0.878. The van der Waals surface area contributed by atoms with Gasteiger partial charge in [0.1, 0.15) is 6.54 Å². The van der Waals surface area contributed by atoms with E-state index in [0.29, 0.717) is 29.9 Å². The molecule has 1 fully saturated rings. The zero-order valence-corrected chi connectivity index (χ0v) is 15.6. The van der Waals surface area contributed by atoms with Crippen molar-refractivity contribution in [3.8, 4) is 0 Å². The Kier molecular flexibility index (Phi) is 4.15. The number of amides is 2. The number of fused-ring (bicyclic) bond motifs is 1. The van der Waals surface area contributed by atoms with Crippen molar-refractivity contribution >= 4 is 38.9 Å². The van der Waals surface area contributed by atoms with E-state index in [1.165, 1.54) is 6.07 Å². The number of nitrogens with zero attached hydrogens (tertiary/aromatic N) is 2. The molecule has 2 amide bonds. The van der Waals surface area contributed by atoms with E-state index in [0.717, 1.165) is 16.4 Å². The summed E-state index contributed by atoms with van der Waals surface area (Å²) in [6.07, 6.45) is 1.32. The van der Waals surface area contributed by atoms with Crippen LogP contribution in [0.25, 0.3) is 0 Å². The molecule has 0 aliphatic carbocycles. The summed E-state index contributed by atoms with van der Waals surface area (Å²) >= 11 is 0. The first kappa shape index (κ1) is 17.5. The van der Waals surface area contributed by atoms with E-state index in [1.807, 2.05) is 0 Å². The minimum Gasteiger partial charge on any atom is -0.323 e. The van der Waals surface area contributed by atoms with Crippen molar-refractivity contribution in [2.75, 3.05) is 27.6 Å². The number of anilines is 3. The highest BCUT2D eigenvalue weighted by atomic mass is 32.2. The van der Waals surface area contributed by atoms with E-state index in [4.69, 9.17) is 0 Å². The first-order valence-electron chi connectivity index (χ1n) is 8.70. The standard InChI is InChI=1S/C19H19N3O4S/c1-13-11-14(8-9-16(13)21-10-4-7-19(21)24)27(25,26)22-12-18(23)20-15-5-2-3-6-17(15)22/h2-3,5-6,8-9,11H,4,7,10,12H2,1H3,(H,20,23). The van der Waals surface area contributed by atoms with Gasteiger partial charge in [-0.15, -0.1) is 0 Å². The van der Waals surface area contributed by atoms with Gasteiger partial charge >= 0.3 is 0 Å². The Balaban J connectivity index is 1.74. The highest BCUT2D eigenvalue weighted by molar-refractivity contribution is 7.92. The summed E-state index contributed by atoms with van der Waals surface area (Å²) in [5.41, 5.74) is 2.34. The van der Waals surface area contributed by atoms with Crippen molar-refractivity contribution < 1.29 is 18.0 Å². The molecule has 2 aromatic rings. The third-order valence-electron chi connectivity index (χ3n) is 4.85. The molecule has 0 unspecified atom stereocenters. The van der Waals surface area contributed by atoms with Gasteiger partial charge in [0.25, 0.3) is 10.0 Å². The smallest absolute Gasteiger partial charge is 0.264 e. The molecule has 0 atom stereocenters. The van der Waals surface area contributed by atoms with Crippen molar-refractivity contribution in [2.45, 2.75) is 24.7 Å². The third kappa shape index (κ3) is 2.95. The predicted octanol–water partition coefficient (Wildman–Crippen LogP) is 2.27. The van der Waals surface area contributed by atoms with Gasteiger partial charge in [0.05, 0.1) is 16.3 Å². The van der Waals surface area contributed by atoms with Gasteiger partial charge in [0, 0.05) is 18.7 Å². The summed E-state index contributed by atoms with van der Waals surface area (Å²) in [7, 11) is -3.92. The predicted molar refractivity (Wildman–Crippen MR) is 102 cm³/mol. The Bertz CT molecular complexity index is 1050. The molecule has 2 aromatic carbocycles. The van der Waals surface area contributed by atoms with Crippen molar-refractivity contribution in [2.24, 2.45) is 0 Å². The van der Waals surface area contributed by atoms with Gasteiger partial charge in [0.15, 0.2) is 0 Å². The lowest BCUT2D eigenvalue weighted by Crippen LogP contribution is -2.42. The van der Waals surface area contributed by atoms with Crippen molar-refractivity contribution in [3.05, 3.63) is 48.0 Å². The molecule has 2 heterocycles. The number of para-hydroxylation sites is 2. The Labute approximate surface area is 157 Å². The second-order valence-corrected chi connectivity index (χ2v) is 8.54. The molecule has 8 heteroatoms. The SMILES string of the molecule is Cc1cc(S(=O)(=O)N2CC(=O)Nc3ccccc32)ccc1N1CCCC1=O. The third-order valence-corrected chi connectivity index (χ3v) is 6.61. The molecule has 0 aromatic heterocycles. The number of hydrogen-bond acceptors (Lipinski definition) is 4. The minimum atomic E-state index is -3.92. The molecule has 2 aliphatic heterocycles. The highest BCUT2D eigenvalue weighted by Gasteiger charge is 2.33. The van der Waals surface area contributed by atoms with Crippen molar-refractivity contribution in [3.63, 3.8) is 0 Å². The zero-order chi connectivity index (χ0) is 19.2. The second kappa shape index (κ2) is 6.38. The normalized spacial score (nSPS) is 17.1. The molecule has 0 saturated carbocycles. The first-order chi connectivity index (χ1) is 12.9. The van der Waals surface area contributed by atoms with Crippen LogP contribution in [0.2, 0.25) is 0 Å². The molecule has 27 heavy (non-hydrogen) atoms. The Morgan fingerprint density at radius 1 is 1.04 bits per heavy atom. The van der Waals surface area contributed by atoms with E-state index in [2.05, 4.69) is 5.32 Å². The molecule has 2 aliphatic rings. The summed E-state index contributed by atoms with van der Waals surface area (Å²) in [5, 5.41) is 2.69. The number of sulfonamides is 1. The van der Waals surface area contributed by atoms with Crippen LogP contribution in [0.1, 0.15) is 18.4 Å². The maximum Gasteiger partial charge on any atom is 0.264 e. The number of carbonyl (C=O) groups is 2. The molecule has 1 N–H and O–H groups in total. The molecule has 0 spiro atoms. The summed E-state index contributed by atoms with van der Waals surface area (Å²) < 4.78 is 27.5. The molecule has 0 bridgehead atoms. The highest BCUT2D eigenvalue weighted by Crippen LogP contribution is 2.34. The first-order valence-corrected chi connectivity index (χ1v) is 10.1. The van der Waals surface area contributed by atoms with Crippen molar-refractivity contribution in [1.29, 1.82) is 0 Å². The minimum absolute atomic E-state index is 0.0512. The van der Waals surface area contributed by atoms with Crippen LogP contribution < -0.4 is 14.5 Å². The van der Waals surface area contributed by atoms with E-state index in [-0.39, 0.29) is 23.3 Å². The molecule has 7 nitrogen and oxygen atoms in total. The van der Waals surface area contributed by atoms with Crippen LogP contribution >= 0.6 is 0 Å². The largest absolute Gasteiger partial charge is 0.323 e. The fourth-order valence-corrected chi connectivity index (χ4v) is 5.06. The lowest BCUT2D eigenvalue weighted by molar-refractivity contribution is -0.117. The van der Waals surface area contributed by atoms with E-state index in [9.17, 15) is 18.0 Å². The van der Waals surface area contributed by atoms with Gasteiger partial charge in [-0.3, -0.25) is 13.9 Å². The molecule has 4 rings (SSSR count). The number of rotatable bonds is 3. The molecular formula is C19H19N3O4S. The van der Waals surface area contributed by atoms with Crippen LogP contribution in [-0.4, -0.2) is 33.3 Å². The summed E-state index contributed by atoms with van der Waals surface area (Å²) in [6, 6.07) is 11.5. The van der Waals surface area contributed by atoms with E-state index in [1.54, 1.807) is 48.2 Å². The van der Waals surface area contributed by atoms with Crippen LogP contribution in [0.4, 0.5) is 17.1 Å². The van der Waals surface area contributed by atoms with Gasteiger partial charge in [-0.25, -0.2) is 8.42 Å². The molecule has 0 radical (unpaired) electrons. The van der Waals surface area contributed by atoms with Gasteiger partial charge in [-0.1, -0.05) is 12.1 Å².